The Hall–Kier alpha value is -1.10. The molecule has 1 aromatic rings. The van der Waals surface area contributed by atoms with Gasteiger partial charge in [0.1, 0.15) is 0 Å². The van der Waals surface area contributed by atoms with Gasteiger partial charge in [-0.15, -0.1) is 5.10 Å². The second kappa shape index (κ2) is 9.75. The van der Waals surface area contributed by atoms with Crippen LogP contribution in [0.1, 0.15) is 65.7 Å². The summed E-state index contributed by atoms with van der Waals surface area (Å²) in [6, 6.07) is 0.915. The Bertz CT molecular complexity index is 351. The van der Waals surface area contributed by atoms with Crippen molar-refractivity contribution in [2.45, 2.75) is 72.4 Å². The molecule has 2 N–H and O–H groups in total. The molecule has 0 bridgehead atoms. The molecule has 0 aliphatic heterocycles. The Morgan fingerprint density at radius 3 is 2.60 bits per heavy atom. The van der Waals surface area contributed by atoms with Crippen LogP contribution in [0.5, 0.6) is 0 Å². The quantitative estimate of drug-likeness (QED) is 0.607. The maximum atomic E-state index is 5.57. The van der Waals surface area contributed by atoms with E-state index in [1.807, 2.05) is 0 Å². The molecule has 20 heavy (non-hydrogen) atoms. The third-order valence-electron chi connectivity index (χ3n) is 3.16. The standard InChI is InChI=1S/C15H30N4O/c1-5-6-7-8-9-13(4)17-15-19-18-14(20-15)11-16-10-12(2)3/h12-13,16H,5-11H2,1-4H3,(H,17,19). The number of aromatic nitrogens is 2. The van der Waals surface area contributed by atoms with Crippen LogP contribution in [-0.2, 0) is 6.54 Å². The Morgan fingerprint density at radius 1 is 1.10 bits per heavy atom. The highest BCUT2D eigenvalue weighted by Gasteiger charge is 2.09. The molecule has 1 aromatic heterocycles. The molecular formula is C15H30N4O. The van der Waals surface area contributed by atoms with Gasteiger partial charge in [-0.1, -0.05) is 51.6 Å². The molecule has 0 saturated carbocycles. The zero-order valence-electron chi connectivity index (χ0n) is 13.4. The van der Waals surface area contributed by atoms with E-state index in [0.29, 0.717) is 30.4 Å². The summed E-state index contributed by atoms with van der Waals surface area (Å²) in [7, 11) is 0. The van der Waals surface area contributed by atoms with E-state index in [-0.39, 0.29) is 0 Å². The monoisotopic (exact) mass is 282 g/mol. The second-order valence-electron chi connectivity index (χ2n) is 5.92. The molecule has 0 spiro atoms. The van der Waals surface area contributed by atoms with Gasteiger partial charge in [0.15, 0.2) is 0 Å². The molecule has 1 heterocycles. The van der Waals surface area contributed by atoms with E-state index in [9.17, 15) is 0 Å². The zero-order chi connectivity index (χ0) is 14.8. The molecule has 0 fully saturated rings. The molecule has 0 saturated heterocycles. The second-order valence-corrected chi connectivity index (χ2v) is 5.92. The van der Waals surface area contributed by atoms with Crippen LogP contribution >= 0.6 is 0 Å². The molecular weight excluding hydrogens is 252 g/mol. The molecule has 0 aromatic carbocycles. The zero-order valence-corrected chi connectivity index (χ0v) is 13.4. The van der Waals surface area contributed by atoms with E-state index in [0.717, 1.165) is 13.0 Å². The van der Waals surface area contributed by atoms with Crippen LogP contribution in [0.25, 0.3) is 0 Å². The minimum absolute atomic E-state index is 0.378. The molecule has 1 unspecified atom stereocenters. The number of hydrogen-bond donors (Lipinski definition) is 2. The lowest BCUT2D eigenvalue weighted by molar-refractivity contribution is 0.454. The van der Waals surface area contributed by atoms with Crippen molar-refractivity contribution in [3.63, 3.8) is 0 Å². The molecule has 1 rings (SSSR count). The van der Waals surface area contributed by atoms with Gasteiger partial charge in [0.25, 0.3) is 0 Å². The Labute approximate surface area is 122 Å². The fourth-order valence-electron chi connectivity index (χ4n) is 2.01. The first-order chi connectivity index (χ1) is 9.61. The first kappa shape index (κ1) is 17.0. The summed E-state index contributed by atoms with van der Waals surface area (Å²) in [6.07, 6.45) is 6.29. The number of rotatable bonds is 11. The van der Waals surface area contributed by atoms with Gasteiger partial charge in [0.05, 0.1) is 6.54 Å². The summed E-state index contributed by atoms with van der Waals surface area (Å²) in [6.45, 7) is 10.3. The van der Waals surface area contributed by atoms with E-state index in [1.165, 1.54) is 25.7 Å². The van der Waals surface area contributed by atoms with Gasteiger partial charge in [0.2, 0.25) is 5.89 Å². The first-order valence-corrected chi connectivity index (χ1v) is 7.91. The maximum absolute atomic E-state index is 5.57. The van der Waals surface area contributed by atoms with Crippen molar-refractivity contribution in [1.82, 2.24) is 15.5 Å². The van der Waals surface area contributed by atoms with Crippen LogP contribution in [0.3, 0.4) is 0 Å². The summed E-state index contributed by atoms with van der Waals surface area (Å²) in [5, 5.41) is 14.6. The highest BCUT2D eigenvalue weighted by Crippen LogP contribution is 2.11. The van der Waals surface area contributed by atoms with Gasteiger partial charge in [0, 0.05) is 6.04 Å². The maximum Gasteiger partial charge on any atom is 0.315 e. The van der Waals surface area contributed by atoms with Crippen LogP contribution in [0, 0.1) is 5.92 Å². The predicted octanol–water partition coefficient (Wildman–Crippen LogP) is 3.59. The van der Waals surface area contributed by atoms with Crippen molar-refractivity contribution in [2.24, 2.45) is 5.92 Å². The van der Waals surface area contributed by atoms with Crippen LogP contribution in [-0.4, -0.2) is 22.8 Å². The fraction of sp³-hybridized carbons (Fsp3) is 0.867. The Kier molecular flexibility index (Phi) is 8.26. The predicted molar refractivity (Wildman–Crippen MR) is 82.7 cm³/mol. The lowest BCUT2D eigenvalue weighted by atomic mass is 10.1. The number of anilines is 1. The van der Waals surface area contributed by atoms with Crippen LogP contribution in [0.4, 0.5) is 6.01 Å². The summed E-state index contributed by atoms with van der Waals surface area (Å²) in [5.74, 6) is 1.27. The average Bonchev–Trinajstić information content (AvgIpc) is 2.82. The van der Waals surface area contributed by atoms with Gasteiger partial charge >= 0.3 is 6.01 Å². The van der Waals surface area contributed by atoms with Gasteiger partial charge in [-0.25, -0.2) is 0 Å². The van der Waals surface area contributed by atoms with Crippen molar-refractivity contribution in [3.8, 4) is 0 Å². The van der Waals surface area contributed by atoms with Gasteiger partial charge in [-0.05, 0) is 25.8 Å². The van der Waals surface area contributed by atoms with Gasteiger partial charge in [-0.3, -0.25) is 0 Å². The van der Waals surface area contributed by atoms with Crippen molar-refractivity contribution in [2.75, 3.05) is 11.9 Å². The third kappa shape index (κ3) is 7.48. The molecule has 116 valence electrons. The van der Waals surface area contributed by atoms with Gasteiger partial charge < -0.3 is 15.1 Å². The molecule has 5 heteroatoms. The molecule has 0 amide bonds. The normalized spacial score (nSPS) is 12.8. The van der Waals surface area contributed by atoms with E-state index in [2.05, 4.69) is 48.5 Å². The highest BCUT2D eigenvalue weighted by atomic mass is 16.4. The third-order valence-corrected chi connectivity index (χ3v) is 3.16. The van der Waals surface area contributed by atoms with E-state index < -0.39 is 0 Å². The van der Waals surface area contributed by atoms with Crippen LogP contribution in [0.15, 0.2) is 4.42 Å². The topological polar surface area (TPSA) is 63.0 Å². The average molecular weight is 282 g/mol. The molecule has 1 atom stereocenters. The van der Waals surface area contributed by atoms with Crippen LogP contribution in [0.2, 0.25) is 0 Å². The summed E-state index contributed by atoms with van der Waals surface area (Å²) >= 11 is 0. The van der Waals surface area contributed by atoms with Crippen molar-refractivity contribution >= 4 is 6.01 Å². The summed E-state index contributed by atoms with van der Waals surface area (Å²) in [5.41, 5.74) is 0. The highest BCUT2D eigenvalue weighted by molar-refractivity contribution is 5.18. The lowest BCUT2D eigenvalue weighted by Crippen LogP contribution is -2.19. The first-order valence-electron chi connectivity index (χ1n) is 7.91. The van der Waals surface area contributed by atoms with Crippen LogP contribution < -0.4 is 10.6 Å². The van der Waals surface area contributed by atoms with Crippen molar-refractivity contribution < 1.29 is 4.42 Å². The smallest absolute Gasteiger partial charge is 0.315 e. The van der Waals surface area contributed by atoms with Crippen molar-refractivity contribution in [1.29, 1.82) is 0 Å². The minimum atomic E-state index is 0.378. The minimum Gasteiger partial charge on any atom is -0.407 e. The number of hydrogen-bond acceptors (Lipinski definition) is 5. The summed E-state index contributed by atoms with van der Waals surface area (Å²) in [4.78, 5) is 0. The Balaban J connectivity index is 2.21. The lowest BCUT2D eigenvalue weighted by Gasteiger charge is -2.11. The van der Waals surface area contributed by atoms with Gasteiger partial charge in [-0.2, -0.15) is 0 Å². The number of nitrogens with zero attached hydrogens (tertiary/aromatic N) is 2. The molecule has 0 radical (unpaired) electrons. The largest absolute Gasteiger partial charge is 0.407 e. The summed E-state index contributed by atoms with van der Waals surface area (Å²) < 4.78 is 5.57. The molecule has 0 aliphatic carbocycles. The molecule has 5 nitrogen and oxygen atoms in total. The van der Waals surface area contributed by atoms with E-state index in [4.69, 9.17) is 4.42 Å². The van der Waals surface area contributed by atoms with E-state index >= 15 is 0 Å². The van der Waals surface area contributed by atoms with E-state index in [1.54, 1.807) is 0 Å². The van der Waals surface area contributed by atoms with Crippen molar-refractivity contribution in [3.05, 3.63) is 5.89 Å². The fourth-order valence-corrected chi connectivity index (χ4v) is 2.01. The number of nitrogens with one attached hydrogen (secondary N) is 2. The number of unbranched alkanes of at least 4 members (excludes halogenated alkanes) is 3. The SMILES string of the molecule is CCCCCCC(C)Nc1nnc(CNCC(C)C)o1. The molecule has 0 aliphatic rings. The Morgan fingerprint density at radius 2 is 1.90 bits per heavy atom.